The van der Waals surface area contributed by atoms with Crippen molar-refractivity contribution in [2.24, 2.45) is 0 Å². The molecule has 0 aliphatic carbocycles. The molecule has 2 heterocycles. The van der Waals surface area contributed by atoms with E-state index in [0.717, 1.165) is 5.69 Å². The van der Waals surface area contributed by atoms with Crippen LogP contribution >= 0.6 is 0 Å². The Hall–Kier alpha value is -3.68. The van der Waals surface area contributed by atoms with Gasteiger partial charge in [-0.3, -0.25) is 4.79 Å². The van der Waals surface area contributed by atoms with Gasteiger partial charge in [0.15, 0.2) is 11.5 Å². The second-order valence-corrected chi connectivity index (χ2v) is 5.45. The van der Waals surface area contributed by atoms with E-state index in [-0.39, 0.29) is 12.4 Å². The summed E-state index contributed by atoms with van der Waals surface area (Å²) >= 11 is 0. The average molecular weight is 352 g/mol. The van der Waals surface area contributed by atoms with Crippen molar-refractivity contribution in [3.63, 3.8) is 0 Å². The van der Waals surface area contributed by atoms with E-state index in [4.69, 9.17) is 9.47 Å². The topological polar surface area (TPSA) is 85.4 Å². The molecule has 8 heteroatoms. The number of ether oxygens (including phenoxy) is 2. The van der Waals surface area contributed by atoms with E-state index in [2.05, 4.69) is 20.6 Å². The molecule has 0 unspecified atom stereocenters. The number of benzene rings is 2. The summed E-state index contributed by atoms with van der Waals surface area (Å²) in [5.74, 6) is 0.792. The van der Waals surface area contributed by atoms with Crippen LogP contribution in [-0.4, -0.2) is 22.7 Å². The molecule has 0 saturated carbocycles. The van der Waals surface area contributed by atoms with Gasteiger partial charge < -0.3 is 20.1 Å². The Morgan fingerprint density at radius 2 is 1.81 bits per heavy atom. The molecule has 26 heavy (non-hydrogen) atoms. The second kappa shape index (κ2) is 6.67. The molecule has 1 aliphatic rings. The van der Waals surface area contributed by atoms with Gasteiger partial charge in [0.2, 0.25) is 12.7 Å². The third-order valence-electron chi connectivity index (χ3n) is 3.63. The molecule has 1 aromatic heterocycles. The molecule has 130 valence electrons. The molecule has 0 bridgehead atoms. The number of nitrogens with one attached hydrogen (secondary N) is 2. The number of carbonyl (C=O) groups is 1. The number of hydrogen-bond acceptors (Lipinski definition) is 6. The highest BCUT2D eigenvalue weighted by Crippen LogP contribution is 2.34. The standard InChI is InChI=1S/C18H13FN4O3/c19-12-2-1-3-13(6-12)22-17(24)11-8-20-18(21-9-11)23-14-4-5-15-16(7-14)26-10-25-15/h1-9H,10H2,(H,22,24)(H,20,21,23). The van der Waals surface area contributed by atoms with Gasteiger partial charge in [-0.2, -0.15) is 0 Å². The smallest absolute Gasteiger partial charge is 0.258 e. The molecule has 2 N–H and O–H groups in total. The lowest BCUT2D eigenvalue weighted by atomic mass is 10.2. The molecule has 2 aromatic carbocycles. The average Bonchev–Trinajstić information content (AvgIpc) is 3.10. The van der Waals surface area contributed by atoms with E-state index in [0.29, 0.717) is 23.1 Å². The lowest BCUT2D eigenvalue weighted by Crippen LogP contribution is -2.13. The van der Waals surface area contributed by atoms with Crippen LogP contribution in [0.15, 0.2) is 54.9 Å². The van der Waals surface area contributed by atoms with Gasteiger partial charge in [0, 0.05) is 29.8 Å². The Morgan fingerprint density at radius 3 is 2.62 bits per heavy atom. The fourth-order valence-corrected chi connectivity index (χ4v) is 2.38. The second-order valence-electron chi connectivity index (χ2n) is 5.45. The van der Waals surface area contributed by atoms with Crippen molar-refractivity contribution in [3.8, 4) is 11.5 Å². The van der Waals surface area contributed by atoms with Crippen LogP contribution in [0.25, 0.3) is 0 Å². The minimum Gasteiger partial charge on any atom is -0.454 e. The third kappa shape index (κ3) is 3.39. The summed E-state index contributed by atoms with van der Waals surface area (Å²) in [5.41, 5.74) is 1.34. The maximum atomic E-state index is 13.2. The van der Waals surface area contributed by atoms with Gasteiger partial charge in [-0.15, -0.1) is 0 Å². The van der Waals surface area contributed by atoms with Crippen LogP contribution in [0, 0.1) is 5.82 Å². The Balaban J connectivity index is 1.44. The number of hydrogen-bond donors (Lipinski definition) is 2. The van der Waals surface area contributed by atoms with E-state index >= 15 is 0 Å². The maximum absolute atomic E-state index is 13.2. The Kier molecular flexibility index (Phi) is 4.06. The number of carbonyl (C=O) groups excluding carboxylic acids is 1. The van der Waals surface area contributed by atoms with Gasteiger partial charge in [-0.1, -0.05) is 6.07 Å². The van der Waals surface area contributed by atoms with Gasteiger partial charge in [0.25, 0.3) is 5.91 Å². The third-order valence-corrected chi connectivity index (χ3v) is 3.63. The number of amides is 1. The molecule has 0 radical (unpaired) electrons. The summed E-state index contributed by atoms with van der Waals surface area (Å²) in [6.45, 7) is 0.199. The molecule has 0 saturated heterocycles. The zero-order chi connectivity index (χ0) is 17.9. The number of anilines is 3. The number of rotatable bonds is 4. The molecular weight excluding hydrogens is 339 g/mol. The summed E-state index contributed by atoms with van der Waals surface area (Å²) in [6.07, 6.45) is 2.77. The van der Waals surface area contributed by atoms with Crippen molar-refractivity contribution in [3.05, 3.63) is 66.2 Å². The first-order chi connectivity index (χ1) is 12.7. The summed E-state index contributed by atoms with van der Waals surface area (Å²) in [7, 11) is 0. The maximum Gasteiger partial charge on any atom is 0.258 e. The SMILES string of the molecule is O=C(Nc1cccc(F)c1)c1cnc(Nc2ccc3c(c2)OCO3)nc1. The van der Waals surface area contributed by atoms with Crippen molar-refractivity contribution >= 4 is 23.2 Å². The summed E-state index contributed by atoms with van der Waals surface area (Å²) < 4.78 is 23.7. The van der Waals surface area contributed by atoms with Gasteiger partial charge >= 0.3 is 0 Å². The molecule has 1 amide bonds. The number of fused-ring (bicyclic) bond motifs is 1. The van der Waals surface area contributed by atoms with Crippen LogP contribution in [0.2, 0.25) is 0 Å². The highest BCUT2D eigenvalue weighted by molar-refractivity contribution is 6.03. The normalized spacial score (nSPS) is 11.9. The fourth-order valence-electron chi connectivity index (χ4n) is 2.38. The van der Waals surface area contributed by atoms with Crippen LogP contribution in [0.5, 0.6) is 11.5 Å². The quantitative estimate of drug-likeness (QED) is 0.749. The predicted molar refractivity (Wildman–Crippen MR) is 92.2 cm³/mol. The molecule has 0 spiro atoms. The number of halogens is 1. The van der Waals surface area contributed by atoms with E-state index in [1.807, 2.05) is 0 Å². The van der Waals surface area contributed by atoms with Crippen molar-refractivity contribution in [2.75, 3.05) is 17.4 Å². The number of nitrogens with zero attached hydrogens (tertiary/aromatic N) is 2. The number of aromatic nitrogens is 2. The Morgan fingerprint density at radius 1 is 1.00 bits per heavy atom. The van der Waals surface area contributed by atoms with E-state index < -0.39 is 11.7 Å². The van der Waals surface area contributed by atoms with Crippen LogP contribution in [-0.2, 0) is 0 Å². The molecule has 0 atom stereocenters. The first kappa shape index (κ1) is 15.8. The predicted octanol–water partition coefficient (Wildman–Crippen LogP) is 3.34. The van der Waals surface area contributed by atoms with Gasteiger partial charge in [0.1, 0.15) is 5.82 Å². The molecule has 7 nitrogen and oxygen atoms in total. The Bertz CT molecular complexity index is 963. The fraction of sp³-hybridized carbons (Fsp3) is 0.0556. The molecule has 3 aromatic rings. The minimum atomic E-state index is -0.428. The molecule has 0 fully saturated rings. The highest BCUT2D eigenvalue weighted by atomic mass is 19.1. The van der Waals surface area contributed by atoms with Crippen LogP contribution < -0.4 is 20.1 Å². The van der Waals surface area contributed by atoms with E-state index in [9.17, 15) is 9.18 Å². The van der Waals surface area contributed by atoms with Gasteiger partial charge in [0.05, 0.1) is 5.56 Å². The first-order valence-electron chi connectivity index (χ1n) is 7.73. The zero-order valence-electron chi connectivity index (χ0n) is 13.4. The van der Waals surface area contributed by atoms with Crippen LogP contribution in [0.1, 0.15) is 10.4 Å². The zero-order valence-corrected chi connectivity index (χ0v) is 13.4. The molecule has 1 aliphatic heterocycles. The van der Waals surface area contributed by atoms with Crippen molar-refractivity contribution in [1.29, 1.82) is 0 Å². The Labute approximate surface area is 147 Å². The van der Waals surface area contributed by atoms with Crippen molar-refractivity contribution in [1.82, 2.24) is 9.97 Å². The highest BCUT2D eigenvalue weighted by Gasteiger charge is 2.14. The van der Waals surface area contributed by atoms with Gasteiger partial charge in [-0.25, -0.2) is 14.4 Å². The van der Waals surface area contributed by atoms with Gasteiger partial charge in [-0.05, 0) is 30.3 Å². The lowest BCUT2D eigenvalue weighted by Gasteiger charge is -2.07. The first-order valence-corrected chi connectivity index (χ1v) is 7.73. The van der Waals surface area contributed by atoms with Crippen molar-refractivity contribution < 1.29 is 18.7 Å². The van der Waals surface area contributed by atoms with E-state index in [1.54, 1.807) is 24.3 Å². The van der Waals surface area contributed by atoms with Crippen LogP contribution in [0.3, 0.4) is 0 Å². The van der Waals surface area contributed by atoms with Crippen molar-refractivity contribution in [2.45, 2.75) is 0 Å². The monoisotopic (exact) mass is 352 g/mol. The molecule has 4 rings (SSSR count). The summed E-state index contributed by atoms with van der Waals surface area (Å²) in [4.78, 5) is 20.4. The molecular formula is C18H13FN4O3. The lowest BCUT2D eigenvalue weighted by molar-refractivity contribution is 0.102. The summed E-state index contributed by atoms with van der Waals surface area (Å²) in [6, 6.07) is 11.0. The van der Waals surface area contributed by atoms with E-state index in [1.165, 1.54) is 30.6 Å². The minimum absolute atomic E-state index is 0.199. The summed E-state index contributed by atoms with van der Waals surface area (Å²) in [5, 5.41) is 5.60. The van der Waals surface area contributed by atoms with Crippen LogP contribution in [0.4, 0.5) is 21.7 Å². The largest absolute Gasteiger partial charge is 0.454 e.